The minimum absolute atomic E-state index is 0.0159. The van der Waals surface area contributed by atoms with E-state index in [4.69, 9.17) is 0 Å². The summed E-state index contributed by atoms with van der Waals surface area (Å²) in [4.78, 5) is 0. The number of rotatable bonds is 3. The van der Waals surface area contributed by atoms with Crippen LogP contribution in [0.25, 0.3) is 0 Å². The summed E-state index contributed by atoms with van der Waals surface area (Å²) in [5, 5.41) is 10.2. The molecule has 0 saturated heterocycles. The van der Waals surface area contributed by atoms with Crippen molar-refractivity contribution in [2.45, 2.75) is 25.0 Å². The van der Waals surface area contributed by atoms with Gasteiger partial charge in [-0.2, -0.15) is 12.6 Å². The topological polar surface area (TPSA) is 19.9 Å². The van der Waals surface area contributed by atoms with E-state index in [9.17, 15) is 5.11 Å². The molecule has 43 valence electrons. The maximum atomic E-state index is 9.85. The van der Waals surface area contributed by atoms with E-state index in [1.165, 1.54) is 0 Å². The number of hydrogen-bond donors (Lipinski definition) is 1. The van der Waals surface area contributed by atoms with Crippen LogP contribution in [0.2, 0.25) is 0 Å². The van der Waals surface area contributed by atoms with Gasteiger partial charge >= 0.3 is 0 Å². The first-order valence-electron chi connectivity index (χ1n) is 2.57. The van der Waals surface area contributed by atoms with E-state index in [1.807, 2.05) is 6.92 Å². The highest BCUT2D eigenvalue weighted by atomic mass is 32.1. The van der Waals surface area contributed by atoms with E-state index >= 15 is 0 Å². The summed E-state index contributed by atoms with van der Waals surface area (Å²) in [5.41, 5.74) is 0. The summed E-state index contributed by atoms with van der Waals surface area (Å²) < 4.78 is 0. The molecule has 0 aliphatic rings. The Bertz CT molecular complexity index is 39.1. The molecule has 0 spiro atoms. The Kier molecular flexibility index (Phi) is 4.67. The van der Waals surface area contributed by atoms with E-state index in [-0.39, 0.29) is 6.61 Å². The van der Waals surface area contributed by atoms with Gasteiger partial charge in [0, 0.05) is 5.25 Å². The summed E-state index contributed by atoms with van der Waals surface area (Å²) in [5.74, 6) is 0. The fourth-order valence-corrected chi connectivity index (χ4v) is 0.446. The van der Waals surface area contributed by atoms with Crippen molar-refractivity contribution in [2.24, 2.45) is 0 Å². The summed E-state index contributed by atoms with van der Waals surface area (Å²) in [6.07, 6.45) is 1.71. The van der Waals surface area contributed by atoms with Gasteiger partial charge in [-0.25, -0.2) is 5.11 Å². The predicted octanol–water partition coefficient (Wildman–Crippen LogP) is 1.52. The Morgan fingerprint density at radius 3 is 2.43 bits per heavy atom. The second-order valence-corrected chi connectivity index (χ2v) is 2.29. The van der Waals surface area contributed by atoms with Gasteiger partial charge in [0.25, 0.3) is 0 Å². The molecule has 1 unspecified atom stereocenters. The zero-order valence-electron chi connectivity index (χ0n) is 4.55. The van der Waals surface area contributed by atoms with Crippen LogP contribution in [0.1, 0.15) is 19.8 Å². The molecule has 0 bridgehead atoms. The molecular formula is C5H11OS. The molecule has 7 heavy (non-hydrogen) atoms. The lowest BCUT2D eigenvalue weighted by Crippen LogP contribution is -1.97. The molecule has 0 aliphatic carbocycles. The van der Waals surface area contributed by atoms with Crippen molar-refractivity contribution in [1.29, 1.82) is 0 Å². The van der Waals surface area contributed by atoms with Gasteiger partial charge in [0.05, 0.1) is 6.61 Å². The van der Waals surface area contributed by atoms with E-state index in [1.54, 1.807) is 0 Å². The maximum Gasteiger partial charge on any atom is 0.0832 e. The van der Waals surface area contributed by atoms with Gasteiger partial charge in [0.1, 0.15) is 0 Å². The van der Waals surface area contributed by atoms with Gasteiger partial charge in [-0.15, -0.1) is 0 Å². The van der Waals surface area contributed by atoms with Crippen LogP contribution >= 0.6 is 12.6 Å². The molecule has 0 aliphatic heterocycles. The molecule has 2 heteroatoms. The minimum Gasteiger partial charge on any atom is -0.237 e. The molecular weight excluding hydrogens is 108 g/mol. The molecule has 0 heterocycles. The molecule has 0 saturated carbocycles. The van der Waals surface area contributed by atoms with Crippen LogP contribution in [0, 0.1) is 0 Å². The first-order chi connectivity index (χ1) is 3.31. The average molecular weight is 119 g/mol. The SMILES string of the molecule is CCC(S)CC[O]. The average Bonchev–Trinajstić information content (AvgIpc) is 1.68. The van der Waals surface area contributed by atoms with Crippen molar-refractivity contribution in [3.05, 3.63) is 0 Å². The molecule has 0 rings (SSSR count). The zero-order chi connectivity index (χ0) is 5.70. The zero-order valence-corrected chi connectivity index (χ0v) is 5.45. The first kappa shape index (κ1) is 7.31. The lowest BCUT2D eigenvalue weighted by Gasteiger charge is -2.00. The van der Waals surface area contributed by atoms with Gasteiger partial charge in [-0.3, -0.25) is 0 Å². The van der Waals surface area contributed by atoms with Gasteiger partial charge in [-0.1, -0.05) is 6.92 Å². The lowest BCUT2D eigenvalue weighted by molar-refractivity contribution is 0.188. The Morgan fingerprint density at radius 1 is 1.71 bits per heavy atom. The standard InChI is InChI=1S/C5H11OS/c1-2-5(7)3-4-6/h5,7H,2-4H2,1H3. The highest BCUT2D eigenvalue weighted by molar-refractivity contribution is 7.80. The highest BCUT2D eigenvalue weighted by Gasteiger charge is 1.95. The fraction of sp³-hybridized carbons (Fsp3) is 1.00. The van der Waals surface area contributed by atoms with Crippen molar-refractivity contribution in [3.8, 4) is 0 Å². The van der Waals surface area contributed by atoms with Crippen molar-refractivity contribution in [3.63, 3.8) is 0 Å². The number of hydrogen-bond acceptors (Lipinski definition) is 1. The third-order valence-electron chi connectivity index (χ3n) is 0.922. The highest BCUT2D eigenvalue weighted by Crippen LogP contribution is 2.03. The molecule has 0 aromatic rings. The molecule has 0 aromatic carbocycles. The molecule has 0 fully saturated rings. The van der Waals surface area contributed by atoms with Crippen LogP contribution in [-0.2, 0) is 5.11 Å². The smallest absolute Gasteiger partial charge is 0.0832 e. The minimum atomic E-state index is 0.0159. The van der Waals surface area contributed by atoms with Gasteiger partial charge in [-0.05, 0) is 12.8 Å². The molecule has 1 nitrogen and oxygen atoms in total. The quantitative estimate of drug-likeness (QED) is 0.543. The van der Waals surface area contributed by atoms with Gasteiger partial charge in [0.2, 0.25) is 0 Å². The molecule has 1 radical (unpaired) electrons. The second-order valence-electron chi connectivity index (χ2n) is 1.55. The van der Waals surface area contributed by atoms with Crippen molar-refractivity contribution in [1.82, 2.24) is 0 Å². The van der Waals surface area contributed by atoms with Crippen LogP contribution in [0.5, 0.6) is 0 Å². The predicted molar refractivity (Wildman–Crippen MR) is 33.2 cm³/mol. The Balaban J connectivity index is 2.83. The summed E-state index contributed by atoms with van der Waals surface area (Å²) >= 11 is 4.11. The van der Waals surface area contributed by atoms with Crippen LogP contribution in [-0.4, -0.2) is 11.9 Å². The maximum absolute atomic E-state index is 9.85. The third-order valence-corrected chi connectivity index (χ3v) is 1.55. The Labute approximate surface area is 50.1 Å². The van der Waals surface area contributed by atoms with Gasteiger partial charge in [0.15, 0.2) is 0 Å². The van der Waals surface area contributed by atoms with Gasteiger partial charge < -0.3 is 0 Å². The summed E-state index contributed by atoms with van der Waals surface area (Å²) in [6, 6.07) is 0. The van der Waals surface area contributed by atoms with Crippen molar-refractivity contribution >= 4 is 12.6 Å². The third kappa shape index (κ3) is 4.16. The Hall–Kier alpha value is 0.310. The molecule has 0 N–H and O–H groups in total. The van der Waals surface area contributed by atoms with Crippen LogP contribution in [0.15, 0.2) is 0 Å². The van der Waals surface area contributed by atoms with Crippen molar-refractivity contribution < 1.29 is 5.11 Å². The normalized spacial score (nSPS) is 14.1. The largest absolute Gasteiger partial charge is 0.237 e. The van der Waals surface area contributed by atoms with E-state index in [2.05, 4.69) is 12.6 Å². The molecule has 0 amide bonds. The summed E-state index contributed by atoms with van der Waals surface area (Å²) in [6.45, 7) is 2.05. The van der Waals surface area contributed by atoms with E-state index in [0.29, 0.717) is 11.7 Å². The molecule has 1 atom stereocenters. The second kappa shape index (κ2) is 4.47. The fourth-order valence-electron chi connectivity index (χ4n) is 0.340. The van der Waals surface area contributed by atoms with Crippen LogP contribution in [0.3, 0.4) is 0 Å². The van der Waals surface area contributed by atoms with Crippen molar-refractivity contribution in [2.75, 3.05) is 6.61 Å². The van der Waals surface area contributed by atoms with Crippen LogP contribution in [0.4, 0.5) is 0 Å². The van der Waals surface area contributed by atoms with Crippen LogP contribution < -0.4 is 0 Å². The van der Waals surface area contributed by atoms with E-state index < -0.39 is 0 Å². The first-order valence-corrected chi connectivity index (χ1v) is 3.09. The number of thiol groups is 1. The molecule has 0 aromatic heterocycles. The lowest BCUT2D eigenvalue weighted by atomic mass is 10.2. The Morgan fingerprint density at radius 2 is 2.29 bits per heavy atom. The monoisotopic (exact) mass is 119 g/mol. The van der Waals surface area contributed by atoms with E-state index in [0.717, 1.165) is 6.42 Å². The summed E-state index contributed by atoms with van der Waals surface area (Å²) in [7, 11) is 0.